The molecule has 98 valence electrons. The van der Waals surface area contributed by atoms with Gasteiger partial charge in [-0.15, -0.1) is 0 Å². The predicted octanol–water partition coefficient (Wildman–Crippen LogP) is 2.89. The van der Waals surface area contributed by atoms with Crippen molar-refractivity contribution in [1.29, 1.82) is 0 Å². The van der Waals surface area contributed by atoms with Crippen LogP contribution in [0.25, 0.3) is 0 Å². The van der Waals surface area contributed by atoms with Gasteiger partial charge < -0.3 is 15.8 Å². The Bertz CT molecular complexity index is 587. The average Bonchev–Trinajstić information content (AvgIpc) is 2.40. The average molecular weight is 368 g/mol. The van der Waals surface area contributed by atoms with Gasteiger partial charge in [0, 0.05) is 0 Å². The molecule has 0 fully saturated rings. The van der Waals surface area contributed by atoms with E-state index < -0.39 is 0 Å². The number of benzene rings is 2. The number of ether oxygens (including phenoxy) is 1. The van der Waals surface area contributed by atoms with Crippen LogP contribution in [-0.4, -0.2) is 12.5 Å². The molecule has 0 aliphatic carbocycles. The van der Waals surface area contributed by atoms with E-state index in [-0.39, 0.29) is 12.5 Å². The number of nitrogen functional groups attached to an aromatic ring is 1. The van der Waals surface area contributed by atoms with Gasteiger partial charge in [-0.3, -0.25) is 4.79 Å². The van der Waals surface area contributed by atoms with Gasteiger partial charge in [-0.2, -0.15) is 0 Å². The van der Waals surface area contributed by atoms with Crippen LogP contribution >= 0.6 is 22.6 Å². The number of hydrogen-bond donors (Lipinski definition) is 2. The monoisotopic (exact) mass is 368 g/mol. The summed E-state index contributed by atoms with van der Waals surface area (Å²) in [4.78, 5) is 11.8. The van der Waals surface area contributed by atoms with Crippen LogP contribution in [0.15, 0.2) is 48.5 Å². The highest BCUT2D eigenvalue weighted by atomic mass is 127. The second-order valence-electron chi connectivity index (χ2n) is 3.85. The molecule has 19 heavy (non-hydrogen) atoms. The molecule has 0 radical (unpaired) electrons. The van der Waals surface area contributed by atoms with Gasteiger partial charge in [0.15, 0.2) is 6.61 Å². The summed E-state index contributed by atoms with van der Waals surface area (Å²) in [6.07, 6.45) is 0. The Morgan fingerprint density at radius 3 is 2.58 bits per heavy atom. The first-order valence-electron chi connectivity index (χ1n) is 5.68. The number of carbonyl (C=O) groups excluding carboxylic acids is 1. The van der Waals surface area contributed by atoms with Crippen LogP contribution in [0.4, 0.5) is 11.4 Å². The van der Waals surface area contributed by atoms with Crippen LogP contribution in [-0.2, 0) is 4.79 Å². The zero-order chi connectivity index (χ0) is 13.7. The number of halogens is 1. The van der Waals surface area contributed by atoms with Crippen LogP contribution in [0, 0.1) is 3.57 Å². The number of para-hydroxylation sites is 3. The van der Waals surface area contributed by atoms with E-state index in [9.17, 15) is 4.79 Å². The van der Waals surface area contributed by atoms with Gasteiger partial charge in [0.25, 0.3) is 5.91 Å². The van der Waals surface area contributed by atoms with Crippen molar-refractivity contribution >= 4 is 39.9 Å². The van der Waals surface area contributed by atoms with Gasteiger partial charge in [-0.05, 0) is 46.9 Å². The molecule has 2 aromatic rings. The Balaban J connectivity index is 1.92. The van der Waals surface area contributed by atoms with Gasteiger partial charge >= 0.3 is 0 Å². The first-order valence-corrected chi connectivity index (χ1v) is 6.76. The van der Waals surface area contributed by atoms with Crippen molar-refractivity contribution in [3.05, 3.63) is 52.1 Å². The van der Waals surface area contributed by atoms with E-state index in [0.29, 0.717) is 17.1 Å². The van der Waals surface area contributed by atoms with E-state index in [1.54, 1.807) is 12.1 Å². The molecule has 0 saturated heterocycles. The molecule has 0 spiro atoms. The summed E-state index contributed by atoms with van der Waals surface area (Å²) in [5.74, 6) is 0.455. The molecule has 5 heteroatoms. The standard InChI is InChI=1S/C14H13IN2O2/c15-10-5-1-4-8-13(10)19-9-14(18)17-12-7-3-2-6-11(12)16/h1-8H,9,16H2,(H,17,18). The van der Waals surface area contributed by atoms with Crippen molar-refractivity contribution < 1.29 is 9.53 Å². The zero-order valence-electron chi connectivity index (χ0n) is 10.1. The summed E-state index contributed by atoms with van der Waals surface area (Å²) in [7, 11) is 0. The molecule has 0 bridgehead atoms. The minimum absolute atomic E-state index is 0.0473. The number of nitrogens with one attached hydrogen (secondary N) is 1. The predicted molar refractivity (Wildman–Crippen MR) is 84.1 cm³/mol. The maximum Gasteiger partial charge on any atom is 0.262 e. The zero-order valence-corrected chi connectivity index (χ0v) is 12.3. The Hall–Kier alpha value is -1.76. The van der Waals surface area contributed by atoms with Crippen LogP contribution in [0.3, 0.4) is 0 Å². The fourth-order valence-corrected chi connectivity index (χ4v) is 2.05. The number of anilines is 2. The summed E-state index contributed by atoms with van der Waals surface area (Å²) in [6, 6.07) is 14.6. The lowest BCUT2D eigenvalue weighted by Crippen LogP contribution is -2.21. The fraction of sp³-hybridized carbons (Fsp3) is 0.0714. The molecule has 0 saturated carbocycles. The second kappa shape index (κ2) is 6.42. The smallest absolute Gasteiger partial charge is 0.262 e. The van der Waals surface area contributed by atoms with Gasteiger partial charge in [-0.1, -0.05) is 24.3 Å². The van der Waals surface area contributed by atoms with E-state index in [1.807, 2.05) is 36.4 Å². The summed E-state index contributed by atoms with van der Waals surface area (Å²) in [5.41, 5.74) is 6.87. The number of rotatable bonds is 4. The molecule has 0 atom stereocenters. The largest absolute Gasteiger partial charge is 0.483 e. The summed E-state index contributed by atoms with van der Waals surface area (Å²) >= 11 is 2.16. The van der Waals surface area contributed by atoms with Crippen LogP contribution < -0.4 is 15.8 Å². The van der Waals surface area contributed by atoms with Gasteiger partial charge in [-0.25, -0.2) is 0 Å². The minimum Gasteiger partial charge on any atom is -0.483 e. The lowest BCUT2D eigenvalue weighted by Gasteiger charge is -2.10. The van der Waals surface area contributed by atoms with Gasteiger partial charge in [0.2, 0.25) is 0 Å². The normalized spacial score (nSPS) is 9.95. The topological polar surface area (TPSA) is 64.3 Å². The quantitative estimate of drug-likeness (QED) is 0.645. The summed E-state index contributed by atoms with van der Waals surface area (Å²) < 4.78 is 6.42. The molecule has 0 aliphatic heterocycles. The second-order valence-corrected chi connectivity index (χ2v) is 5.02. The molecule has 2 rings (SSSR count). The third kappa shape index (κ3) is 3.85. The van der Waals surface area contributed by atoms with Gasteiger partial charge in [0.05, 0.1) is 14.9 Å². The minimum atomic E-state index is -0.238. The Morgan fingerprint density at radius 1 is 1.16 bits per heavy atom. The molecule has 4 nitrogen and oxygen atoms in total. The molecule has 0 aromatic heterocycles. The van der Waals surface area contributed by atoms with E-state index in [4.69, 9.17) is 10.5 Å². The van der Waals surface area contributed by atoms with Crippen molar-refractivity contribution in [1.82, 2.24) is 0 Å². The van der Waals surface area contributed by atoms with Crippen molar-refractivity contribution in [2.75, 3.05) is 17.7 Å². The lowest BCUT2D eigenvalue weighted by atomic mass is 10.3. The molecular weight excluding hydrogens is 355 g/mol. The fourth-order valence-electron chi connectivity index (χ4n) is 1.50. The number of amides is 1. The first-order chi connectivity index (χ1) is 9.16. The lowest BCUT2D eigenvalue weighted by molar-refractivity contribution is -0.118. The first kappa shape index (κ1) is 13.7. The molecule has 0 unspecified atom stereocenters. The maximum atomic E-state index is 11.8. The van der Waals surface area contributed by atoms with Gasteiger partial charge in [0.1, 0.15) is 5.75 Å². The van der Waals surface area contributed by atoms with Crippen molar-refractivity contribution in [2.24, 2.45) is 0 Å². The number of nitrogens with two attached hydrogens (primary N) is 1. The molecule has 0 heterocycles. The number of carbonyl (C=O) groups is 1. The summed E-state index contributed by atoms with van der Waals surface area (Å²) in [5, 5.41) is 2.71. The van der Waals surface area contributed by atoms with Crippen molar-refractivity contribution in [2.45, 2.75) is 0 Å². The van der Waals surface area contributed by atoms with E-state index in [0.717, 1.165) is 3.57 Å². The third-order valence-electron chi connectivity index (χ3n) is 2.43. The molecular formula is C14H13IN2O2. The molecule has 1 amide bonds. The van der Waals surface area contributed by atoms with Crippen LogP contribution in [0.2, 0.25) is 0 Å². The van der Waals surface area contributed by atoms with Crippen molar-refractivity contribution in [3.8, 4) is 5.75 Å². The Labute approximate surface area is 125 Å². The van der Waals surface area contributed by atoms with Crippen LogP contribution in [0.5, 0.6) is 5.75 Å². The summed E-state index contributed by atoms with van der Waals surface area (Å²) in [6.45, 7) is -0.0473. The molecule has 0 aliphatic rings. The SMILES string of the molecule is Nc1ccccc1NC(=O)COc1ccccc1I. The van der Waals surface area contributed by atoms with Crippen molar-refractivity contribution in [3.63, 3.8) is 0 Å². The Kier molecular flexibility index (Phi) is 4.62. The van der Waals surface area contributed by atoms with E-state index >= 15 is 0 Å². The molecule has 2 aromatic carbocycles. The van der Waals surface area contributed by atoms with E-state index in [1.165, 1.54) is 0 Å². The maximum absolute atomic E-state index is 11.8. The number of hydrogen-bond acceptors (Lipinski definition) is 3. The molecule has 3 N–H and O–H groups in total. The highest BCUT2D eigenvalue weighted by Gasteiger charge is 2.07. The van der Waals surface area contributed by atoms with Crippen LogP contribution in [0.1, 0.15) is 0 Å². The Morgan fingerprint density at radius 2 is 1.84 bits per heavy atom. The highest BCUT2D eigenvalue weighted by Crippen LogP contribution is 2.20. The van der Waals surface area contributed by atoms with E-state index in [2.05, 4.69) is 27.9 Å². The highest BCUT2D eigenvalue weighted by molar-refractivity contribution is 14.1. The third-order valence-corrected chi connectivity index (χ3v) is 3.32.